The largest absolute Gasteiger partial charge is 0.481 e. The molecule has 2 aromatic rings. The predicted molar refractivity (Wildman–Crippen MR) is 68.8 cm³/mol. The van der Waals surface area contributed by atoms with Gasteiger partial charge >= 0.3 is 0 Å². The van der Waals surface area contributed by atoms with Gasteiger partial charge in [-0.15, -0.1) is 0 Å². The van der Waals surface area contributed by atoms with Crippen molar-refractivity contribution in [2.24, 2.45) is 5.73 Å². The van der Waals surface area contributed by atoms with Crippen molar-refractivity contribution in [3.8, 4) is 5.75 Å². The molecule has 0 saturated heterocycles. The van der Waals surface area contributed by atoms with E-state index in [4.69, 9.17) is 31.7 Å². The summed E-state index contributed by atoms with van der Waals surface area (Å²) < 4.78 is 10.7. The van der Waals surface area contributed by atoms with Crippen LogP contribution in [0.3, 0.4) is 0 Å². The van der Waals surface area contributed by atoms with Crippen LogP contribution in [0.5, 0.6) is 5.75 Å². The van der Waals surface area contributed by atoms with Gasteiger partial charge in [-0.05, 0) is 25.1 Å². The fraction of sp³-hybridized carbons (Fsp3) is 0.333. The molecule has 0 aliphatic carbocycles. The zero-order chi connectivity index (χ0) is 13.8. The van der Waals surface area contributed by atoms with Crippen LogP contribution in [0.15, 0.2) is 28.8 Å². The first-order valence-corrected chi connectivity index (χ1v) is 6.10. The van der Waals surface area contributed by atoms with Crippen LogP contribution in [0, 0.1) is 0 Å². The lowest BCUT2D eigenvalue weighted by atomic mass is 10.3. The second-order valence-electron chi connectivity index (χ2n) is 4.00. The Labute approximate surface area is 115 Å². The zero-order valence-electron chi connectivity index (χ0n) is 10.3. The van der Waals surface area contributed by atoms with Crippen molar-refractivity contribution in [2.45, 2.75) is 19.1 Å². The van der Waals surface area contributed by atoms with E-state index >= 15 is 0 Å². The van der Waals surface area contributed by atoms with E-state index in [-0.39, 0.29) is 12.4 Å². The van der Waals surface area contributed by atoms with Crippen LogP contribution in [0.4, 0.5) is 0 Å². The Morgan fingerprint density at radius 3 is 3.00 bits per heavy atom. The maximum atomic E-state index is 8.91. The monoisotopic (exact) mass is 283 g/mol. The van der Waals surface area contributed by atoms with Crippen molar-refractivity contribution in [2.75, 3.05) is 6.61 Å². The summed E-state index contributed by atoms with van der Waals surface area (Å²) >= 11 is 5.86. The molecule has 102 valence electrons. The number of halogens is 1. The van der Waals surface area contributed by atoms with Crippen LogP contribution in [-0.2, 0) is 0 Å². The van der Waals surface area contributed by atoms with Gasteiger partial charge in [0, 0.05) is 5.02 Å². The molecule has 0 saturated carbocycles. The van der Waals surface area contributed by atoms with E-state index in [2.05, 4.69) is 10.1 Å². The van der Waals surface area contributed by atoms with E-state index in [0.717, 1.165) is 0 Å². The molecular weight excluding hydrogens is 270 g/mol. The lowest BCUT2D eigenvalue weighted by Gasteiger charge is -2.10. The van der Waals surface area contributed by atoms with Crippen molar-refractivity contribution < 1.29 is 14.4 Å². The van der Waals surface area contributed by atoms with Gasteiger partial charge in [0.25, 0.3) is 5.89 Å². The quantitative estimate of drug-likeness (QED) is 0.870. The predicted octanol–water partition coefficient (Wildman–Crippen LogP) is 1.86. The minimum Gasteiger partial charge on any atom is -0.481 e. The molecule has 0 spiro atoms. The smallest absolute Gasteiger partial charge is 0.267 e. The molecule has 7 heteroatoms. The summed E-state index contributed by atoms with van der Waals surface area (Å²) in [7, 11) is 0. The molecule has 0 bridgehead atoms. The number of aliphatic hydroxyl groups excluding tert-OH is 1. The van der Waals surface area contributed by atoms with E-state index in [1.54, 1.807) is 31.2 Å². The van der Waals surface area contributed by atoms with Crippen LogP contribution in [0.2, 0.25) is 5.02 Å². The first-order valence-electron chi connectivity index (χ1n) is 5.72. The van der Waals surface area contributed by atoms with Gasteiger partial charge < -0.3 is 20.1 Å². The number of rotatable bonds is 5. The van der Waals surface area contributed by atoms with Crippen LogP contribution in [0.1, 0.15) is 30.8 Å². The maximum absolute atomic E-state index is 8.91. The fourth-order valence-corrected chi connectivity index (χ4v) is 1.62. The number of ether oxygens (including phenoxy) is 1. The highest BCUT2D eigenvalue weighted by molar-refractivity contribution is 6.30. The number of hydrogen-bond donors (Lipinski definition) is 2. The number of aliphatic hydroxyl groups is 1. The molecule has 1 aromatic heterocycles. The standard InChI is InChI=1S/C12H14ClN3O3/c1-7(18-9-4-2-3-8(13)5-9)12-15-11(16-19-12)10(14)6-17/h2-5,7,10,17H,6,14H2,1H3. The molecule has 0 radical (unpaired) electrons. The van der Waals surface area contributed by atoms with Crippen molar-refractivity contribution in [1.29, 1.82) is 0 Å². The minimum atomic E-state index is -0.657. The summed E-state index contributed by atoms with van der Waals surface area (Å²) in [6.45, 7) is 1.52. The Bertz CT molecular complexity index is 547. The molecule has 0 aliphatic rings. The topological polar surface area (TPSA) is 94.4 Å². The highest BCUT2D eigenvalue weighted by atomic mass is 35.5. The molecule has 3 N–H and O–H groups in total. The van der Waals surface area contributed by atoms with E-state index in [9.17, 15) is 0 Å². The lowest BCUT2D eigenvalue weighted by molar-refractivity contribution is 0.175. The molecule has 0 amide bonds. The van der Waals surface area contributed by atoms with Crippen LogP contribution >= 0.6 is 11.6 Å². The third kappa shape index (κ3) is 3.44. The zero-order valence-corrected chi connectivity index (χ0v) is 11.0. The van der Waals surface area contributed by atoms with E-state index in [1.165, 1.54) is 0 Å². The molecule has 1 aromatic carbocycles. The number of hydrogen-bond acceptors (Lipinski definition) is 6. The summed E-state index contributed by atoms with van der Waals surface area (Å²) in [5.74, 6) is 1.14. The first-order chi connectivity index (χ1) is 9.10. The first kappa shape index (κ1) is 13.8. The third-order valence-electron chi connectivity index (χ3n) is 2.44. The Morgan fingerprint density at radius 2 is 2.32 bits per heavy atom. The van der Waals surface area contributed by atoms with Crippen molar-refractivity contribution >= 4 is 11.6 Å². The van der Waals surface area contributed by atoms with Crippen molar-refractivity contribution in [1.82, 2.24) is 10.1 Å². The Kier molecular flexibility index (Phi) is 4.36. The fourth-order valence-electron chi connectivity index (χ4n) is 1.44. The molecular formula is C12H14ClN3O3. The summed E-state index contributed by atoms with van der Waals surface area (Å²) in [5.41, 5.74) is 5.59. The molecule has 0 fully saturated rings. The third-order valence-corrected chi connectivity index (χ3v) is 2.68. The van der Waals surface area contributed by atoms with Gasteiger partial charge in [-0.3, -0.25) is 0 Å². The molecule has 2 atom stereocenters. The number of nitrogens with zero attached hydrogens (tertiary/aromatic N) is 2. The summed E-state index contributed by atoms with van der Waals surface area (Å²) in [6, 6.07) is 6.35. The average molecular weight is 284 g/mol. The van der Waals surface area contributed by atoms with Crippen molar-refractivity contribution in [3.05, 3.63) is 41.0 Å². The molecule has 1 heterocycles. The normalized spacial score (nSPS) is 14.1. The number of benzene rings is 1. The Morgan fingerprint density at radius 1 is 1.53 bits per heavy atom. The molecule has 2 rings (SSSR count). The van der Waals surface area contributed by atoms with Crippen molar-refractivity contribution in [3.63, 3.8) is 0 Å². The number of nitrogens with two attached hydrogens (primary N) is 1. The minimum absolute atomic E-state index is 0.248. The van der Waals surface area contributed by atoms with Gasteiger partial charge in [0.1, 0.15) is 5.75 Å². The average Bonchev–Trinajstić information content (AvgIpc) is 2.87. The second-order valence-corrected chi connectivity index (χ2v) is 4.43. The van der Waals surface area contributed by atoms with E-state index in [0.29, 0.717) is 16.7 Å². The molecule has 6 nitrogen and oxygen atoms in total. The Balaban J connectivity index is 2.07. The van der Waals surface area contributed by atoms with Crippen LogP contribution < -0.4 is 10.5 Å². The Hall–Kier alpha value is -1.63. The van der Waals surface area contributed by atoms with E-state index in [1.807, 2.05) is 0 Å². The highest BCUT2D eigenvalue weighted by Gasteiger charge is 2.19. The second kappa shape index (κ2) is 6.01. The number of aromatic nitrogens is 2. The SMILES string of the molecule is CC(Oc1cccc(Cl)c1)c1nc(C(N)CO)no1. The molecule has 2 unspecified atom stereocenters. The highest BCUT2D eigenvalue weighted by Crippen LogP contribution is 2.23. The summed E-state index contributed by atoms with van der Waals surface area (Å²) in [6.07, 6.45) is -0.439. The summed E-state index contributed by atoms with van der Waals surface area (Å²) in [5, 5.41) is 13.2. The van der Waals surface area contributed by atoms with Gasteiger partial charge in [-0.1, -0.05) is 22.8 Å². The molecule has 0 aliphatic heterocycles. The van der Waals surface area contributed by atoms with Crippen LogP contribution in [-0.4, -0.2) is 21.9 Å². The van der Waals surface area contributed by atoms with E-state index < -0.39 is 12.1 Å². The van der Waals surface area contributed by atoms with Gasteiger partial charge in [-0.2, -0.15) is 4.98 Å². The van der Waals surface area contributed by atoms with Gasteiger partial charge in [-0.25, -0.2) is 0 Å². The maximum Gasteiger partial charge on any atom is 0.267 e. The van der Waals surface area contributed by atoms with Gasteiger partial charge in [0.2, 0.25) is 0 Å². The van der Waals surface area contributed by atoms with Gasteiger partial charge in [0.05, 0.1) is 12.6 Å². The molecule has 19 heavy (non-hydrogen) atoms. The van der Waals surface area contributed by atoms with Crippen LogP contribution in [0.25, 0.3) is 0 Å². The van der Waals surface area contributed by atoms with Gasteiger partial charge in [0.15, 0.2) is 11.9 Å². The lowest BCUT2D eigenvalue weighted by Crippen LogP contribution is -2.16. The summed E-state index contributed by atoms with van der Waals surface area (Å²) in [4.78, 5) is 4.08.